The second-order valence-electron chi connectivity index (χ2n) is 8.25. The van der Waals surface area contributed by atoms with E-state index >= 15 is 0 Å². The van der Waals surface area contributed by atoms with Crippen molar-refractivity contribution in [1.29, 1.82) is 0 Å². The maximum absolute atomic E-state index is 12.2. The van der Waals surface area contributed by atoms with Crippen LogP contribution in [0.3, 0.4) is 0 Å². The highest BCUT2D eigenvalue weighted by Crippen LogP contribution is 2.40. The van der Waals surface area contributed by atoms with Gasteiger partial charge in [0.05, 0.1) is 21.5 Å². The predicted octanol–water partition coefficient (Wildman–Crippen LogP) is 5.74. The molecule has 0 radical (unpaired) electrons. The van der Waals surface area contributed by atoms with Gasteiger partial charge in [-0.15, -0.1) is 0 Å². The summed E-state index contributed by atoms with van der Waals surface area (Å²) in [5, 5.41) is 3.96. The number of hydrazone groups is 1. The molecule has 1 aromatic carbocycles. The van der Waals surface area contributed by atoms with Gasteiger partial charge in [0.1, 0.15) is 0 Å². The number of nitrogens with zero attached hydrogens (tertiary/aromatic N) is 1. The van der Waals surface area contributed by atoms with Crippen LogP contribution in [0.15, 0.2) is 57.6 Å². The van der Waals surface area contributed by atoms with Crippen molar-refractivity contribution in [2.75, 3.05) is 5.43 Å². The molecule has 4 nitrogen and oxygen atoms in total. The summed E-state index contributed by atoms with van der Waals surface area (Å²) in [5.74, 6) is 0. The lowest BCUT2D eigenvalue weighted by atomic mass is 9.72. The van der Waals surface area contributed by atoms with E-state index in [0.717, 1.165) is 11.4 Å². The highest BCUT2D eigenvalue weighted by molar-refractivity contribution is 7.92. The van der Waals surface area contributed by atoms with Gasteiger partial charge in [-0.25, -0.2) is 8.42 Å². The van der Waals surface area contributed by atoms with Gasteiger partial charge < -0.3 is 0 Å². The lowest BCUT2D eigenvalue weighted by Crippen LogP contribution is -2.19. The van der Waals surface area contributed by atoms with E-state index < -0.39 is 15.1 Å². The fourth-order valence-corrected chi connectivity index (χ4v) is 4.46. The molecule has 0 heterocycles. The summed E-state index contributed by atoms with van der Waals surface area (Å²) in [7, 11) is -3.24. The van der Waals surface area contributed by atoms with Crippen molar-refractivity contribution in [3.8, 4) is 0 Å². The van der Waals surface area contributed by atoms with Gasteiger partial charge in [-0.05, 0) is 88.3 Å². The standard InChI is InChI=1S/C22H32N2O2S/c1-16(2)27(25,26)20-12-10-19(11-13-20)24-23-18(4)9-14-21-17(3)8-7-15-22(21,5)6/h9-14,16,24H,7-8,15H2,1-6H3/b14-9+,23-18+. The molecule has 1 aliphatic rings. The largest absolute Gasteiger partial charge is 0.278 e. The van der Waals surface area contributed by atoms with Gasteiger partial charge in [-0.1, -0.05) is 25.5 Å². The van der Waals surface area contributed by atoms with Crippen LogP contribution in [0.1, 0.15) is 60.8 Å². The van der Waals surface area contributed by atoms with Crippen LogP contribution in [0.25, 0.3) is 0 Å². The molecule has 0 bridgehead atoms. The smallest absolute Gasteiger partial charge is 0.180 e. The zero-order valence-corrected chi connectivity index (χ0v) is 18.2. The van der Waals surface area contributed by atoms with Gasteiger partial charge in [0, 0.05) is 0 Å². The molecular formula is C22H32N2O2S. The molecule has 148 valence electrons. The van der Waals surface area contributed by atoms with Crippen LogP contribution in [0.4, 0.5) is 5.69 Å². The van der Waals surface area contributed by atoms with E-state index in [-0.39, 0.29) is 5.41 Å². The zero-order chi connectivity index (χ0) is 20.2. The Balaban J connectivity index is 2.08. The molecule has 0 spiro atoms. The van der Waals surface area contributed by atoms with Crippen LogP contribution in [-0.4, -0.2) is 19.4 Å². The van der Waals surface area contributed by atoms with E-state index in [1.165, 1.54) is 30.4 Å². The number of sulfone groups is 1. The number of hydrogen-bond acceptors (Lipinski definition) is 4. The molecule has 27 heavy (non-hydrogen) atoms. The van der Waals surface area contributed by atoms with E-state index in [0.29, 0.717) is 4.90 Å². The molecule has 5 heteroatoms. The van der Waals surface area contributed by atoms with Crippen LogP contribution in [0.2, 0.25) is 0 Å². The van der Waals surface area contributed by atoms with Crippen molar-refractivity contribution >= 4 is 21.2 Å². The summed E-state index contributed by atoms with van der Waals surface area (Å²) in [6, 6.07) is 6.73. The molecule has 1 aromatic rings. The number of benzene rings is 1. The Morgan fingerprint density at radius 1 is 1.22 bits per heavy atom. The van der Waals surface area contributed by atoms with Crippen LogP contribution in [-0.2, 0) is 9.84 Å². The maximum Gasteiger partial charge on any atom is 0.180 e. The molecule has 1 aliphatic carbocycles. The van der Waals surface area contributed by atoms with Gasteiger partial charge in [-0.2, -0.15) is 5.10 Å². The number of nitrogens with one attached hydrogen (secondary N) is 1. The summed E-state index contributed by atoms with van der Waals surface area (Å²) in [5.41, 5.74) is 7.72. The molecule has 0 saturated carbocycles. The molecule has 0 aromatic heterocycles. The first kappa shape index (κ1) is 21.4. The maximum atomic E-state index is 12.2. The van der Waals surface area contributed by atoms with Crippen LogP contribution in [0, 0.1) is 5.41 Å². The summed E-state index contributed by atoms with van der Waals surface area (Å²) in [6.45, 7) is 12.1. The molecule has 0 aliphatic heterocycles. The first-order chi connectivity index (χ1) is 12.5. The second kappa shape index (κ2) is 8.42. The fraction of sp³-hybridized carbons (Fsp3) is 0.500. The quantitative estimate of drug-likeness (QED) is 0.499. The van der Waals surface area contributed by atoms with Crippen molar-refractivity contribution in [2.45, 2.75) is 71.0 Å². The number of allylic oxidation sites excluding steroid dienone is 4. The van der Waals surface area contributed by atoms with Gasteiger partial charge in [-0.3, -0.25) is 5.43 Å². The average molecular weight is 389 g/mol. The Morgan fingerprint density at radius 2 is 1.85 bits per heavy atom. The number of rotatable bonds is 6. The van der Waals surface area contributed by atoms with Gasteiger partial charge in [0.2, 0.25) is 0 Å². The Labute approximate surface area is 164 Å². The molecule has 0 saturated heterocycles. The van der Waals surface area contributed by atoms with E-state index in [4.69, 9.17) is 0 Å². The van der Waals surface area contributed by atoms with Crippen molar-refractivity contribution in [3.63, 3.8) is 0 Å². The first-order valence-corrected chi connectivity index (χ1v) is 11.1. The van der Waals surface area contributed by atoms with Crippen LogP contribution >= 0.6 is 0 Å². The molecule has 0 amide bonds. The van der Waals surface area contributed by atoms with Crippen LogP contribution < -0.4 is 5.43 Å². The fourth-order valence-electron chi connectivity index (χ4n) is 3.40. The minimum absolute atomic E-state index is 0.213. The highest BCUT2D eigenvalue weighted by atomic mass is 32.2. The van der Waals surface area contributed by atoms with Crippen molar-refractivity contribution in [3.05, 3.63) is 47.6 Å². The van der Waals surface area contributed by atoms with Crippen molar-refractivity contribution in [1.82, 2.24) is 0 Å². The Kier molecular flexibility index (Phi) is 6.68. The highest BCUT2D eigenvalue weighted by Gasteiger charge is 2.26. The summed E-state index contributed by atoms with van der Waals surface area (Å²) >= 11 is 0. The summed E-state index contributed by atoms with van der Waals surface area (Å²) in [4.78, 5) is 0.339. The van der Waals surface area contributed by atoms with Gasteiger partial charge in [0.25, 0.3) is 0 Å². The summed E-state index contributed by atoms with van der Waals surface area (Å²) < 4.78 is 24.3. The molecule has 0 unspecified atom stereocenters. The van der Waals surface area contributed by atoms with Gasteiger partial charge in [0.15, 0.2) is 9.84 Å². The SMILES string of the molecule is CC1=C(/C=C/C(C)=N/Nc2ccc(S(=O)(=O)C(C)C)cc2)C(C)(C)CCC1. The lowest BCUT2D eigenvalue weighted by molar-refractivity contribution is 0.377. The van der Waals surface area contributed by atoms with Crippen molar-refractivity contribution in [2.24, 2.45) is 10.5 Å². The predicted molar refractivity (Wildman–Crippen MR) is 115 cm³/mol. The zero-order valence-electron chi connectivity index (χ0n) is 17.3. The first-order valence-electron chi connectivity index (χ1n) is 9.56. The Hall–Kier alpha value is -1.88. The second-order valence-corrected chi connectivity index (χ2v) is 10.8. The third-order valence-electron chi connectivity index (χ3n) is 5.20. The number of hydrogen-bond donors (Lipinski definition) is 1. The van der Waals surface area contributed by atoms with E-state index in [2.05, 4.69) is 37.4 Å². The number of anilines is 1. The third kappa shape index (κ3) is 5.32. The van der Waals surface area contributed by atoms with Crippen molar-refractivity contribution < 1.29 is 8.42 Å². The normalized spacial score (nSPS) is 18.4. The molecule has 2 rings (SSSR count). The topological polar surface area (TPSA) is 58.5 Å². The summed E-state index contributed by atoms with van der Waals surface area (Å²) in [6.07, 6.45) is 7.87. The van der Waals surface area contributed by atoms with Crippen LogP contribution in [0.5, 0.6) is 0 Å². The Morgan fingerprint density at radius 3 is 2.41 bits per heavy atom. The Bertz CT molecular complexity index is 858. The minimum Gasteiger partial charge on any atom is -0.278 e. The minimum atomic E-state index is -3.24. The third-order valence-corrected chi connectivity index (χ3v) is 7.37. The van der Waals surface area contributed by atoms with Gasteiger partial charge >= 0.3 is 0 Å². The van der Waals surface area contributed by atoms with E-state index in [1.54, 1.807) is 38.1 Å². The average Bonchev–Trinajstić information content (AvgIpc) is 2.59. The molecular weight excluding hydrogens is 356 g/mol. The van der Waals surface area contributed by atoms with E-state index in [1.807, 2.05) is 13.0 Å². The van der Waals surface area contributed by atoms with E-state index in [9.17, 15) is 8.42 Å². The molecule has 0 atom stereocenters. The molecule has 0 fully saturated rings. The molecule has 1 N–H and O–H groups in total. The monoisotopic (exact) mass is 388 g/mol. The lowest BCUT2D eigenvalue weighted by Gasteiger charge is -2.32.